The molecule has 1 rings (SSSR count). The van der Waals surface area contributed by atoms with E-state index in [1.165, 1.54) is 0 Å². The number of nitrogens with zero attached hydrogens (tertiary/aromatic N) is 1. The topological polar surface area (TPSA) is 55.6 Å². The molecule has 1 aliphatic heterocycles. The fourth-order valence-electron chi connectivity index (χ4n) is 1.87. The van der Waals surface area contributed by atoms with E-state index < -0.39 is 0 Å². The summed E-state index contributed by atoms with van der Waals surface area (Å²) in [5.74, 6) is 0.597. The molecular weight excluding hydrogens is 180 g/mol. The van der Waals surface area contributed by atoms with Crippen LogP contribution in [0, 0.1) is 5.92 Å². The molecule has 0 aromatic heterocycles. The molecule has 0 radical (unpaired) electrons. The van der Waals surface area contributed by atoms with Crippen molar-refractivity contribution in [1.82, 2.24) is 4.90 Å². The molecule has 0 bridgehead atoms. The Morgan fingerprint density at radius 2 is 2.43 bits per heavy atom. The van der Waals surface area contributed by atoms with E-state index in [-0.39, 0.29) is 12.0 Å². The van der Waals surface area contributed by atoms with Gasteiger partial charge in [0.15, 0.2) is 0 Å². The zero-order valence-corrected chi connectivity index (χ0v) is 9.03. The third-order valence-electron chi connectivity index (χ3n) is 2.86. The Balaban J connectivity index is 2.45. The standard InChI is InChI=1S/C10H20N2O2/c1-3-9(14-2)10(13)12-5-4-8(6-11)7-12/h8-9H,3-7,11H2,1-2H3. The molecule has 1 amide bonds. The zero-order valence-electron chi connectivity index (χ0n) is 9.03. The molecule has 1 heterocycles. The molecular formula is C10H20N2O2. The molecule has 0 aromatic carbocycles. The Kier molecular flexibility index (Phi) is 4.35. The number of ether oxygens (including phenoxy) is 1. The summed E-state index contributed by atoms with van der Waals surface area (Å²) >= 11 is 0. The fourth-order valence-corrected chi connectivity index (χ4v) is 1.87. The van der Waals surface area contributed by atoms with Crippen LogP contribution in [0.1, 0.15) is 19.8 Å². The minimum Gasteiger partial charge on any atom is -0.372 e. The minimum absolute atomic E-state index is 0.117. The highest BCUT2D eigenvalue weighted by molar-refractivity contribution is 5.81. The molecule has 2 atom stereocenters. The quantitative estimate of drug-likeness (QED) is 0.706. The highest BCUT2D eigenvalue weighted by Gasteiger charge is 2.29. The highest BCUT2D eigenvalue weighted by atomic mass is 16.5. The third kappa shape index (κ3) is 2.45. The second kappa shape index (κ2) is 5.32. The SMILES string of the molecule is CCC(OC)C(=O)N1CCC(CN)C1. The van der Waals surface area contributed by atoms with Crippen molar-refractivity contribution in [3.8, 4) is 0 Å². The van der Waals surface area contributed by atoms with Crippen molar-refractivity contribution in [3.63, 3.8) is 0 Å². The summed E-state index contributed by atoms with van der Waals surface area (Å²) in [7, 11) is 1.59. The van der Waals surface area contributed by atoms with Gasteiger partial charge in [-0.05, 0) is 25.3 Å². The lowest BCUT2D eigenvalue weighted by molar-refractivity contribution is -0.141. The Morgan fingerprint density at radius 1 is 1.71 bits per heavy atom. The van der Waals surface area contributed by atoms with Gasteiger partial charge in [0.25, 0.3) is 5.91 Å². The van der Waals surface area contributed by atoms with E-state index in [0.717, 1.165) is 25.9 Å². The van der Waals surface area contributed by atoms with E-state index in [1.54, 1.807) is 7.11 Å². The molecule has 82 valence electrons. The van der Waals surface area contributed by atoms with E-state index >= 15 is 0 Å². The monoisotopic (exact) mass is 200 g/mol. The third-order valence-corrected chi connectivity index (χ3v) is 2.86. The second-order valence-corrected chi connectivity index (χ2v) is 3.81. The van der Waals surface area contributed by atoms with Gasteiger partial charge in [0.05, 0.1) is 0 Å². The van der Waals surface area contributed by atoms with Gasteiger partial charge in [0.1, 0.15) is 6.10 Å². The van der Waals surface area contributed by atoms with Crippen LogP contribution < -0.4 is 5.73 Å². The van der Waals surface area contributed by atoms with Gasteiger partial charge in [-0.2, -0.15) is 0 Å². The molecule has 2 unspecified atom stereocenters. The van der Waals surface area contributed by atoms with Crippen LogP contribution in [-0.2, 0) is 9.53 Å². The smallest absolute Gasteiger partial charge is 0.251 e. The first kappa shape index (κ1) is 11.5. The van der Waals surface area contributed by atoms with Gasteiger partial charge >= 0.3 is 0 Å². The largest absolute Gasteiger partial charge is 0.372 e. The average Bonchev–Trinajstić information content (AvgIpc) is 2.67. The van der Waals surface area contributed by atoms with Crippen LogP contribution in [0.25, 0.3) is 0 Å². The van der Waals surface area contributed by atoms with E-state index in [4.69, 9.17) is 10.5 Å². The Labute approximate surface area is 85.4 Å². The first-order chi connectivity index (χ1) is 6.72. The van der Waals surface area contributed by atoms with Gasteiger partial charge in [-0.15, -0.1) is 0 Å². The molecule has 14 heavy (non-hydrogen) atoms. The molecule has 4 nitrogen and oxygen atoms in total. The fraction of sp³-hybridized carbons (Fsp3) is 0.900. The summed E-state index contributed by atoms with van der Waals surface area (Å²) in [6.45, 7) is 4.27. The van der Waals surface area contributed by atoms with Gasteiger partial charge in [0, 0.05) is 20.2 Å². The predicted molar refractivity (Wildman–Crippen MR) is 54.8 cm³/mol. The number of methoxy groups -OCH3 is 1. The summed E-state index contributed by atoms with van der Waals surface area (Å²) in [4.78, 5) is 13.7. The van der Waals surface area contributed by atoms with Gasteiger partial charge in [-0.3, -0.25) is 4.79 Å². The van der Waals surface area contributed by atoms with Crippen LogP contribution >= 0.6 is 0 Å². The van der Waals surface area contributed by atoms with Crippen LogP contribution in [0.3, 0.4) is 0 Å². The number of rotatable bonds is 4. The summed E-state index contributed by atoms with van der Waals surface area (Å²) in [5, 5.41) is 0. The predicted octanol–water partition coefficient (Wildman–Crippen LogP) is 0.219. The van der Waals surface area contributed by atoms with Crippen molar-refractivity contribution >= 4 is 5.91 Å². The molecule has 0 aromatic rings. The summed E-state index contributed by atoms with van der Waals surface area (Å²) in [6, 6.07) is 0. The molecule has 4 heteroatoms. The molecule has 0 saturated carbocycles. The molecule has 1 saturated heterocycles. The Bertz CT molecular complexity index is 193. The van der Waals surface area contributed by atoms with Crippen LogP contribution in [0.5, 0.6) is 0 Å². The molecule has 1 aliphatic rings. The number of nitrogens with two attached hydrogens (primary N) is 1. The maximum absolute atomic E-state index is 11.8. The van der Waals surface area contributed by atoms with Crippen LogP contribution in [0.15, 0.2) is 0 Å². The van der Waals surface area contributed by atoms with Crippen molar-refractivity contribution in [2.45, 2.75) is 25.9 Å². The number of carbonyl (C=O) groups excluding carboxylic acids is 1. The normalized spacial score (nSPS) is 23.9. The molecule has 1 fully saturated rings. The van der Waals surface area contributed by atoms with E-state index in [2.05, 4.69) is 0 Å². The zero-order chi connectivity index (χ0) is 10.6. The van der Waals surface area contributed by atoms with Gasteiger partial charge in [-0.1, -0.05) is 6.92 Å². The average molecular weight is 200 g/mol. The lowest BCUT2D eigenvalue weighted by atomic mass is 10.1. The number of likely N-dealkylation sites (tertiary alicyclic amines) is 1. The van der Waals surface area contributed by atoms with Gasteiger partial charge < -0.3 is 15.4 Å². The van der Waals surface area contributed by atoms with E-state index in [1.807, 2.05) is 11.8 Å². The van der Waals surface area contributed by atoms with E-state index in [0.29, 0.717) is 12.5 Å². The first-order valence-electron chi connectivity index (χ1n) is 5.24. The van der Waals surface area contributed by atoms with Crippen LogP contribution in [-0.4, -0.2) is 43.7 Å². The summed E-state index contributed by atoms with van der Waals surface area (Å²) in [6.07, 6.45) is 1.49. The van der Waals surface area contributed by atoms with Gasteiger partial charge in [-0.25, -0.2) is 0 Å². The molecule has 0 spiro atoms. The molecule has 2 N–H and O–H groups in total. The van der Waals surface area contributed by atoms with Crippen molar-refractivity contribution in [1.29, 1.82) is 0 Å². The van der Waals surface area contributed by atoms with Crippen molar-refractivity contribution < 1.29 is 9.53 Å². The van der Waals surface area contributed by atoms with Crippen LogP contribution in [0.4, 0.5) is 0 Å². The number of carbonyl (C=O) groups is 1. The number of hydrogen-bond acceptors (Lipinski definition) is 3. The lowest BCUT2D eigenvalue weighted by Gasteiger charge is -2.21. The van der Waals surface area contributed by atoms with Crippen molar-refractivity contribution in [3.05, 3.63) is 0 Å². The Hall–Kier alpha value is -0.610. The minimum atomic E-state index is -0.272. The highest BCUT2D eigenvalue weighted by Crippen LogP contribution is 2.16. The molecule has 0 aliphatic carbocycles. The summed E-state index contributed by atoms with van der Waals surface area (Å²) in [5.41, 5.74) is 5.57. The number of amides is 1. The summed E-state index contributed by atoms with van der Waals surface area (Å²) < 4.78 is 5.12. The maximum atomic E-state index is 11.8. The van der Waals surface area contributed by atoms with Crippen molar-refractivity contribution in [2.24, 2.45) is 11.7 Å². The second-order valence-electron chi connectivity index (χ2n) is 3.81. The van der Waals surface area contributed by atoms with Gasteiger partial charge in [0.2, 0.25) is 0 Å². The maximum Gasteiger partial charge on any atom is 0.251 e. The van der Waals surface area contributed by atoms with E-state index in [9.17, 15) is 4.79 Å². The Morgan fingerprint density at radius 3 is 2.86 bits per heavy atom. The van der Waals surface area contributed by atoms with Crippen molar-refractivity contribution in [2.75, 3.05) is 26.7 Å². The van der Waals surface area contributed by atoms with Crippen LogP contribution in [0.2, 0.25) is 0 Å². The number of hydrogen-bond donors (Lipinski definition) is 1. The first-order valence-corrected chi connectivity index (χ1v) is 5.24. The lowest BCUT2D eigenvalue weighted by Crippen LogP contribution is -2.38.